The molecule has 0 saturated carbocycles. The highest BCUT2D eigenvalue weighted by molar-refractivity contribution is 4.91. The Hall–Kier alpha value is -0.120. The van der Waals surface area contributed by atoms with Crippen LogP contribution in [-0.2, 0) is 0 Å². The summed E-state index contributed by atoms with van der Waals surface area (Å²) < 4.78 is 0. The highest BCUT2D eigenvalue weighted by Gasteiger charge is 2.35. The zero-order valence-electron chi connectivity index (χ0n) is 11.8. The molecular formula is C14H29N3. The number of likely N-dealkylation sites (tertiary alicyclic amines) is 1. The molecule has 17 heavy (non-hydrogen) atoms. The molecule has 0 aromatic rings. The molecule has 2 rings (SSSR count). The molecule has 0 radical (unpaired) electrons. The van der Waals surface area contributed by atoms with Crippen molar-refractivity contribution in [3.63, 3.8) is 0 Å². The maximum absolute atomic E-state index is 3.54. The Kier molecular flexibility index (Phi) is 4.45. The average molecular weight is 239 g/mol. The standard InChI is InChI=1S/C14H29N3/c1-4-14(7-8-15-11-14)12-17(3)13-6-5-9-16(2)10-13/h13,15H,4-12H2,1-3H3. The summed E-state index contributed by atoms with van der Waals surface area (Å²) in [6, 6.07) is 0.776. The Morgan fingerprint density at radius 2 is 2.29 bits per heavy atom. The van der Waals surface area contributed by atoms with Crippen LogP contribution in [0.3, 0.4) is 0 Å². The van der Waals surface area contributed by atoms with Crippen LogP contribution in [0.15, 0.2) is 0 Å². The van der Waals surface area contributed by atoms with Gasteiger partial charge >= 0.3 is 0 Å². The smallest absolute Gasteiger partial charge is 0.0220 e. The van der Waals surface area contributed by atoms with Gasteiger partial charge in [0.2, 0.25) is 0 Å². The number of likely N-dealkylation sites (N-methyl/N-ethyl adjacent to an activating group) is 2. The predicted molar refractivity (Wildman–Crippen MR) is 73.4 cm³/mol. The lowest BCUT2D eigenvalue weighted by Crippen LogP contribution is -2.49. The molecule has 0 bridgehead atoms. The van der Waals surface area contributed by atoms with Gasteiger partial charge in [0.1, 0.15) is 0 Å². The first-order chi connectivity index (χ1) is 8.15. The summed E-state index contributed by atoms with van der Waals surface area (Å²) in [6.07, 6.45) is 5.42. The van der Waals surface area contributed by atoms with Gasteiger partial charge in [0.15, 0.2) is 0 Å². The summed E-state index contributed by atoms with van der Waals surface area (Å²) in [5.74, 6) is 0. The Labute approximate surface area is 107 Å². The SMILES string of the molecule is CCC1(CN(C)C2CCCN(C)C2)CCNC1. The lowest BCUT2D eigenvalue weighted by molar-refractivity contribution is 0.0912. The fraction of sp³-hybridized carbons (Fsp3) is 1.00. The fourth-order valence-corrected chi connectivity index (χ4v) is 3.50. The van der Waals surface area contributed by atoms with E-state index in [1.807, 2.05) is 0 Å². The lowest BCUT2D eigenvalue weighted by atomic mass is 9.83. The zero-order chi connectivity index (χ0) is 12.3. The molecule has 2 atom stereocenters. The Morgan fingerprint density at radius 3 is 2.88 bits per heavy atom. The normalized spacial score (nSPS) is 35.6. The summed E-state index contributed by atoms with van der Waals surface area (Å²) in [5, 5.41) is 3.54. The van der Waals surface area contributed by atoms with E-state index >= 15 is 0 Å². The Bertz CT molecular complexity index is 236. The van der Waals surface area contributed by atoms with E-state index in [4.69, 9.17) is 0 Å². The van der Waals surface area contributed by atoms with E-state index in [9.17, 15) is 0 Å². The molecule has 0 aromatic heterocycles. The van der Waals surface area contributed by atoms with Crippen molar-refractivity contribution >= 4 is 0 Å². The second-order valence-electron chi connectivity index (χ2n) is 6.25. The van der Waals surface area contributed by atoms with Crippen LogP contribution in [0.2, 0.25) is 0 Å². The molecule has 3 heteroatoms. The maximum atomic E-state index is 3.54. The number of piperidine rings is 1. The number of nitrogens with one attached hydrogen (secondary N) is 1. The molecule has 0 spiro atoms. The van der Waals surface area contributed by atoms with Crippen molar-refractivity contribution < 1.29 is 0 Å². The predicted octanol–water partition coefficient (Wildman–Crippen LogP) is 1.40. The van der Waals surface area contributed by atoms with E-state index in [1.165, 1.54) is 58.4 Å². The van der Waals surface area contributed by atoms with E-state index in [-0.39, 0.29) is 0 Å². The van der Waals surface area contributed by atoms with Crippen molar-refractivity contribution in [1.82, 2.24) is 15.1 Å². The van der Waals surface area contributed by atoms with Crippen LogP contribution in [0.5, 0.6) is 0 Å². The van der Waals surface area contributed by atoms with Crippen LogP contribution in [-0.4, -0.2) is 62.7 Å². The molecule has 0 amide bonds. The van der Waals surface area contributed by atoms with Crippen LogP contribution in [0.1, 0.15) is 32.6 Å². The van der Waals surface area contributed by atoms with Gasteiger partial charge in [0.05, 0.1) is 0 Å². The third kappa shape index (κ3) is 3.21. The minimum absolute atomic E-state index is 0.546. The Balaban J connectivity index is 1.88. The molecule has 2 fully saturated rings. The van der Waals surface area contributed by atoms with E-state index in [2.05, 4.69) is 36.1 Å². The van der Waals surface area contributed by atoms with Crippen LogP contribution in [0.4, 0.5) is 0 Å². The summed E-state index contributed by atoms with van der Waals surface area (Å²) in [7, 11) is 4.59. The topological polar surface area (TPSA) is 18.5 Å². The maximum Gasteiger partial charge on any atom is 0.0220 e. The first-order valence-corrected chi connectivity index (χ1v) is 7.25. The number of rotatable bonds is 4. The van der Waals surface area contributed by atoms with E-state index in [1.54, 1.807) is 0 Å². The van der Waals surface area contributed by atoms with E-state index in [0.29, 0.717) is 5.41 Å². The van der Waals surface area contributed by atoms with Crippen LogP contribution < -0.4 is 5.32 Å². The third-order valence-corrected chi connectivity index (χ3v) is 4.89. The molecule has 2 saturated heterocycles. The van der Waals surface area contributed by atoms with Gasteiger partial charge < -0.3 is 15.1 Å². The van der Waals surface area contributed by atoms with Gasteiger partial charge in [-0.3, -0.25) is 0 Å². The second-order valence-corrected chi connectivity index (χ2v) is 6.25. The van der Waals surface area contributed by atoms with Crippen LogP contribution in [0.25, 0.3) is 0 Å². The quantitative estimate of drug-likeness (QED) is 0.800. The molecule has 100 valence electrons. The van der Waals surface area contributed by atoms with Gasteiger partial charge in [-0.25, -0.2) is 0 Å². The minimum atomic E-state index is 0.546. The summed E-state index contributed by atoms with van der Waals surface area (Å²) in [5.41, 5.74) is 0.546. The molecule has 0 aliphatic carbocycles. The second kappa shape index (κ2) is 5.68. The van der Waals surface area contributed by atoms with Crippen molar-refractivity contribution in [3.05, 3.63) is 0 Å². The number of hydrogen-bond donors (Lipinski definition) is 1. The highest BCUT2D eigenvalue weighted by Crippen LogP contribution is 2.31. The molecule has 2 unspecified atom stereocenters. The van der Waals surface area contributed by atoms with Crippen molar-refractivity contribution in [1.29, 1.82) is 0 Å². The van der Waals surface area contributed by atoms with Crippen LogP contribution in [0, 0.1) is 5.41 Å². The van der Waals surface area contributed by atoms with Gasteiger partial charge in [-0.1, -0.05) is 6.92 Å². The summed E-state index contributed by atoms with van der Waals surface area (Å²) >= 11 is 0. The number of hydrogen-bond acceptors (Lipinski definition) is 3. The van der Waals surface area contributed by atoms with Crippen molar-refractivity contribution in [2.75, 3.05) is 46.8 Å². The van der Waals surface area contributed by atoms with Crippen molar-refractivity contribution in [2.24, 2.45) is 5.41 Å². The third-order valence-electron chi connectivity index (χ3n) is 4.89. The Morgan fingerprint density at radius 1 is 1.47 bits per heavy atom. The summed E-state index contributed by atoms with van der Waals surface area (Å²) in [4.78, 5) is 5.11. The first-order valence-electron chi connectivity index (χ1n) is 7.25. The molecule has 2 aliphatic rings. The van der Waals surface area contributed by atoms with Gasteiger partial charge in [-0.2, -0.15) is 0 Å². The lowest BCUT2D eigenvalue weighted by Gasteiger charge is -2.40. The number of nitrogens with zero attached hydrogens (tertiary/aromatic N) is 2. The van der Waals surface area contributed by atoms with Crippen molar-refractivity contribution in [3.8, 4) is 0 Å². The van der Waals surface area contributed by atoms with E-state index < -0.39 is 0 Å². The molecule has 1 N–H and O–H groups in total. The van der Waals surface area contributed by atoms with Gasteiger partial charge in [0, 0.05) is 25.7 Å². The van der Waals surface area contributed by atoms with Gasteiger partial charge in [0.25, 0.3) is 0 Å². The molecule has 3 nitrogen and oxygen atoms in total. The molecule has 2 aliphatic heterocycles. The zero-order valence-corrected chi connectivity index (χ0v) is 11.8. The molecule has 2 heterocycles. The van der Waals surface area contributed by atoms with Gasteiger partial charge in [-0.15, -0.1) is 0 Å². The summed E-state index contributed by atoms with van der Waals surface area (Å²) in [6.45, 7) is 8.60. The average Bonchev–Trinajstić information content (AvgIpc) is 2.78. The fourth-order valence-electron chi connectivity index (χ4n) is 3.50. The van der Waals surface area contributed by atoms with E-state index in [0.717, 1.165) is 6.04 Å². The molecule has 0 aromatic carbocycles. The molecular weight excluding hydrogens is 210 g/mol. The first kappa shape index (κ1) is 13.3. The van der Waals surface area contributed by atoms with Crippen molar-refractivity contribution in [2.45, 2.75) is 38.6 Å². The monoisotopic (exact) mass is 239 g/mol. The van der Waals surface area contributed by atoms with Crippen LogP contribution >= 0.6 is 0 Å². The highest BCUT2D eigenvalue weighted by atomic mass is 15.2. The van der Waals surface area contributed by atoms with Gasteiger partial charge in [-0.05, 0) is 58.3 Å². The largest absolute Gasteiger partial charge is 0.316 e. The minimum Gasteiger partial charge on any atom is -0.316 e.